The Balaban J connectivity index is 2.66. The summed E-state index contributed by atoms with van der Waals surface area (Å²) < 4.78 is 30.0. The Kier molecular flexibility index (Phi) is 4.37. The van der Waals surface area contributed by atoms with Gasteiger partial charge in [0.05, 0.1) is 6.61 Å². The molecule has 1 rings (SSSR count). The number of aliphatic hydroxyl groups excluding tert-OH is 1. The molecule has 0 radical (unpaired) electrons. The zero-order valence-electron chi connectivity index (χ0n) is 8.74. The average Bonchev–Trinajstić information content (AvgIpc) is 2.24. The lowest BCUT2D eigenvalue weighted by molar-refractivity contribution is -0.152. The lowest BCUT2D eigenvalue weighted by Gasteiger charge is -2.09. The summed E-state index contributed by atoms with van der Waals surface area (Å²) in [5.41, 5.74) is 0.333. The van der Waals surface area contributed by atoms with E-state index in [0.29, 0.717) is 5.56 Å². The molecule has 0 aliphatic carbocycles. The molecule has 0 fully saturated rings. The molecular formula is C11H12F2O3. The minimum Gasteiger partial charge on any atom is -0.464 e. The van der Waals surface area contributed by atoms with Crippen molar-refractivity contribution >= 4 is 5.97 Å². The molecular weight excluding hydrogens is 218 g/mol. The zero-order chi connectivity index (χ0) is 12.1. The molecule has 1 atom stereocenters. The summed E-state index contributed by atoms with van der Waals surface area (Å²) >= 11 is 0. The van der Waals surface area contributed by atoms with E-state index >= 15 is 0 Å². The Bertz CT molecular complexity index is 379. The number of aliphatic hydroxyl groups is 1. The van der Waals surface area contributed by atoms with Gasteiger partial charge in [-0.2, -0.15) is 0 Å². The molecule has 0 aromatic heterocycles. The van der Waals surface area contributed by atoms with Crippen molar-refractivity contribution in [2.45, 2.75) is 19.4 Å². The van der Waals surface area contributed by atoms with Crippen LogP contribution < -0.4 is 0 Å². The van der Waals surface area contributed by atoms with Gasteiger partial charge in [-0.15, -0.1) is 0 Å². The normalized spacial score (nSPS) is 12.2. The Labute approximate surface area is 91.7 Å². The largest absolute Gasteiger partial charge is 0.464 e. The van der Waals surface area contributed by atoms with Crippen molar-refractivity contribution in [2.24, 2.45) is 0 Å². The van der Waals surface area contributed by atoms with Crippen LogP contribution in [0, 0.1) is 11.6 Å². The van der Waals surface area contributed by atoms with Crippen molar-refractivity contribution < 1.29 is 23.4 Å². The van der Waals surface area contributed by atoms with Gasteiger partial charge < -0.3 is 9.84 Å². The van der Waals surface area contributed by atoms with Gasteiger partial charge in [-0.05, 0) is 24.6 Å². The maximum absolute atomic E-state index is 12.8. The first-order chi connectivity index (χ1) is 7.54. The van der Waals surface area contributed by atoms with E-state index in [9.17, 15) is 18.7 Å². The highest BCUT2D eigenvalue weighted by atomic mass is 19.2. The van der Waals surface area contributed by atoms with Crippen LogP contribution in [0.5, 0.6) is 0 Å². The smallest absolute Gasteiger partial charge is 0.335 e. The van der Waals surface area contributed by atoms with Crippen LogP contribution >= 0.6 is 0 Å². The number of carbonyl (C=O) groups is 1. The molecule has 0 heterocycles. The van der Waals surface area contributed by atoms with Crippen LogP contribution in [0.1, 0.15) is 12.5 Å². The number of halogens is 2. The van der Waals surface area contributed by atoms with Crippen LogP contribution in [-0.2, 0) is 16.0 Å². The fourth-order valence-electron chi connectivity index (χ4n) is 1.21. The molecule has 0 aliphatic heterocycles. The molecule has 1 unspecified atom stereocenters. The molecule has 0 bridgehead atoms. The van der Waals surface area contributed by atoms with Crippen molar-refractivity contribution in [3.05, 3.63) is 35.4 Å². The Morgan fingerprint density at radius 2 is 2.12 bits per heavy atom. The van der Waals surface area contributed by atoms with E-state index in [0.717, 1.165) is 12.1 Å². The van der Waals surface area contributed by atoms with Crippen LogP contribution in [0.2, 0.25) is 0 Å². The third-order valence-electron chi connectivity index (χ3n) is 1.97. The number of rotatable bonds is 4. The molecule has 3 nitrogen and oxygen atoms in total. The molecule has 1 N–H and O–H groups in total. The molecule has 1 aromatic carbocycles. The zero-order valence-corrected chi connectivity index (χ0v) is 8.74. The minimum atomic E-state index is -1.36. The van der Waals surface area contributed by atoms with Gasteiger partial charge in [0.1, 0.15) is 0 Å². The predicted octanol–water partition coefficient (Wildman–Crippen LogP) is 1.43. The molecule has 0 aliphatic rings. The highest BCUT2D eigenvalue weighted by Gasteiger charge is 2.17. The molecule has 16 heavy (non-hydrogen) atoms. The van der Waals surface area contributed by atoms with Gasteiger partial charge in [0.25, 0.3) is 0 Å². The average molecular weight is 230 g/mol. The van der Waals surface area contributed by atoms with Crippen LogP contribution in [0.15, 0.2) is 18.2 Å². The third-order valence-corrected chi connectivity index (χ3v) is 1.97. The van der Waals surface area contributed by atoms with E-state index in [1.807, 2.05) is 0 Å². The summed E-state index contributed by atoms with van der Waals surface area (Å²) in [6.07, 6.45) is -1.46. The molecule has 0 amide bonds. The summed E-state index contributed by atoms with van der Waals surface area (Å²) in [5, 5.41) is 9.37. The monoisotopic (exact) mass is 230 g/mol. The Morgan fingerprint density at radius 1 is 1.44 bits per heavy atom. The molecule has 0 spiro atoms. The number of hydrogen-bond acceptors (Lipinski definition) is 3. The van der Waals surface area contributed by atoms with Crippen molar-refractivity contribution in [3.63, 3.8) is 0 Å². The molecule has 0 saturated carbocycles. The highest BCUT2D eigenvalue weighted by Crippen LogP contribution is 2.11. The fraction of sp³-hybridized carbons (Fsp3) is 0.364. The van der Waals surface area contributed by atoms with Gasteiger partial charge in [-0.3, -0.25) is 0 Å². The van der Waals surface area contributed by atoms with Gasteiger partial charge in [-0.25, -0.2) is 13.6 Å². The van der Waals surface area contributed by atoms with E-state index < -0.39 is 23.7 Å². The molecule has 1 aromatic rings. The van der Waals surface area contributed by atoms with E-state index in [2.05, 4.69) is 4.74 Å². The summed E-state index contributed by atoms with van der Waals surface area (Å²) in [5.74, 6) is -2.74. The van der Waals surface area contributed by atoms with Crippen molar-refractivity contribution in [1.82, 2.24) is 0 Å². The summed E-state index contributed by atoms with van der Waals surface area (Å²) in [4.78, 5) is 11.1. The SMILES string of the molecule is CCOC(=O)C(O)Cc1ccc(F)c(F)c1. The third kappa shape index (κ3) is 3.27. The van der Waals surface area contributed by atoms with Crippen molar-refractivity contribution in [3.8, 4) is 0 Å². The molecule has 88 valence electrons. The first-order valence-electron chi connectivity index (χ1n) is 4.83. The van der Waals surface area contributed by atoms with Crippen LogP contribution in [0.4, 0.5) is 8.78 Å². The van der Waals surface area contributed by atoms with E-state index in [-0.39, 0.29) is 13.0 Å². The van der Waals surface area contributed by atoms with Gasteiger partial charge in [0, 0.05) is 6.42 Å². The van der Waals surface area contributed by atoms with Gasteiger partial charge in [-0.1, -0.05) is 6.07 Å². The summed E-state index contributed by atoms with van der Waals surface area (Å²) in [6, 6.07) is 3.20. The molecule has 5 heteroatoms. The first kappa shape index (κ1) is 12.6. The second-order valence-electron chi connectivity index (χ2n) is 3.22. The number of carbonyl (C=O) groups excluding carboxylic acids is 1. The Morgan fingerprint density at radius 3 is 2.69 bits per heavy atom. The van der Waals surface area contributed by atoms with Crippen LogP contribution in [0.3, 0.4) is 0 Å². The lowest BCUT2D eigenvalue weighted by atomic mass is 10.1. The fourth-order valence-corrected chi connectivity index (χ4v) is 1.21. The number of benzene rings is 1. The maximum Gasteiger partial charge on any atom is 0.335 e. The molecule has 0 saturated heterocycles. The maximum atomic E-state index is 12.8. The quantitative estimate of drug-likeness (QED) is 0.796. The summed E-state index contributed by atoms with van der Waals surface area (Å²) in [6.45, 7) is 1.77. The van der Waals surface area contributed by atoms with E-state index in [4.69, 9.17) is 0 Å². The van der Waals surface area contributed by atoms with Crippen LogP contribution in [-0.4, -0.2) is 23.8 Å². The minimum absolute atomic E-state index is 0.101. The van der Waals surface area contributed by atoms with Crippen molar-refractivity contribution in [1.29, 1.82) is 0 Å². The first-order valence-corrected chi connectivity index (χ1v) is 4.83. The Hall–Kier alpha value is -1.49. The standard InChI is InChI=1S/C11H12F2O3/c1-2-16-11(15)10(14)6-7-3-4-8(12)9(13)5-7/h3-5,10,14H,2,6H2,1H3. The highest BCUT2D eigenvalue weighted by molar-refractivity contribution is 5.74. The van der Waals surface area contributed by atoms with Gasteiger partial charge in [0.15, 0.2) is 17.7 Å². The second kappa shape index (κ2) is 5.55. The van der Waals surface area contributed by atoms with Crippen molar-refractivity contribution in [2.75, 3.05) is 6.61 Å². The number of ether oxygens (including phenoxy) is 1. The summed E-state index contributed by atoms with van der Waals surface area (Å²) in [7, 11) is 0. The van der Waals surface area contributed by atoms with Gasteiger partial charge >= 0.3 is 5.97 Å². The number of hydrogen-bond donors (Lipinski definition) is 1. The second-order valence-corrected chi connectivity index (χ2v) is 3.22. The van der Waals surface area contributed by atoms with E-state index in [1.54, 1.807) is 6.92 Å². The van der Waals surface area contributed by atoms with Crippen LogP contribution in [0.25, 0.3) is 0 Å². The topological polar surface area (TPSA) is 46.5 Å². The van der Waals surface area contributed by atoms with Gasteiger partial charge in [0.2, 0.25) is 0 Å². The predicted molar refractivity (Wildman–Crippen MR) is 52.7 cm³/mol. The number of esters is 1. The lowest BCUT2D eigenvalue weighted by Crippen LogP contribution is -2.25. The van der Waals surface area contributed by atoms with E-state index in [1.165, 1.54) is 6.07 Å².